The Hall–Kier alpha value is -5.12. The highest BCUT2D eigenvalue weighted by atomic mass is 16.6. The fourth-order valence-corrected chi connectivity index (χ4v) is 5.81. The van der Waals surface area contributed by atoms with E-state index in [1.165, 1.54) is 12.1 Å². The van der Waals surface area contributed by atoms with Crippen LogP contribution in [0.5, 0.6) is 0 Å². The van der Waals surface area contributed by atoms with Crippen molar-refractivity contribution in [3.8, 4) is 22.5 Å². The molecule has 1 heterocycles. The molecule has 5 rings (SSSR count). The van der Waals surface area contributed by atoms with Crippen LogP contribution in [0.25, 0.3) is 33.4 Å². The lowest BCUT2D eigenvalue weighted by atomic mass is 9.89. The maximum absolute atomic E-state index is 13.3. The van der Waals surface area contributed by atoms with E-state index in [9.17, 15) is 19.5 Å². The Morgan fingerprint density at radius 3 is 2.49 bits per heavy atom. The molecule has 0 saturated heterocycles. The molecule has 246 valence electrons. The lowest BCUT2D eigenvalue weighted by molar-refractivity contribution is 0.0696. The van der Waals surface area contributed by atoms with Crippen molar-refractivity contribution in [2.75, 3.05) is 46.2 Å². The molecule has 0 fully saturated rings. The summed E-state index contributed by atoms with van der Waals surface area (Å²) in [5.41, 5.74) is 3.75. The van der Waals surface area contributed by atoms with Gasteiger partial charge in [0.15, 0.2) is 0 Å². The number of aromatic carboxylic acids is 1. The number of carbonyl (C=O) groups is 3. The van der Waals surface area contributed by atoms with Gasteiger partial charge in [-0.3, -0.25) is 4.79 Å². The summed E-state index contributed by atoms with van der Waals surface area (Å²) in [5.74, 6) is -0.844. The smallest absolute Gasteiger partial charge is 0.407 e. The monoisotopic (exact) mass is 639 g/mol. The number of carboxylic acids is 1. The summed E-state index contributed by atoms with van der Waals surface area (Å²) < 4.78 is 13.9. The first-order chi connectivity index (χ1) is 22.6. The molecule has 3 aliphatic rings. The second-order valence-electron chi connectivity index (χ2n) is 12.2. The molecule has 0 saturated carbocycles. The highest BCUT2D eigenvalue weighted by Gasteiger charge is 2.24. The van der Waals surface area contributed by atoms with Crippen LogP contribution in [0.15, 0.2) is 71.2 Å². The van der Waals surface area contributed by atoms with Gasteiger partial charge >= 0.3 is 12.1 Å². The van der Waals surface area contributed by atoms with Gasteiger partial charge in [-0.05, 0) is 80.5 Å². The Labute approximate surface area is 274 Å². The van der Waals surface area contributed by atoms with E-state index in [4.69, 9.17) is 9.15 Å². The fraction of sp³-hybridized carbons (Fsp3) is 0.351. The second kappa shape index (κ2) is 15.0. The van der Waals surface area contributed by atoms with Crippen molar-refractivity contribution < 1.29 is 28.6 Å². The molecule has 1 atom stereocenters. The third-order valence-electron chi connectivity index (χ3n) is 8.40. The third kappa shape index (κ3) is 8.00. The van der Waals surface area contributed by atoms with Gasteiger partial charge in [0.1, 0.15) is 31.5 Å². The Morgan fingerprint density at radius 1 is 0.936 bits per heavy atom. The summed E-state index contributed by atoms with van der Waals surface area (Å²) in [6.45, 7) is 0.671. The van der Waals surface area contributed by atoms with E-state index in [-0.39, 0.29) is 17.6 Å². The van der Waals surface area contributed by atoms with Gasteiger partial charge < -0.3 is 29.8 Å². The van der Waals surface area contributed by atoms with Gasteiger partial charge in [0.25, 0.3) is 5.91 Å². The van der Waals surface area contributed by atoms with Crippen LogP contribution in [-0.2, 0) is 4.74 Å². The van der Waals surface area contributed by atoms with E-state index in [2.05, 4.69) is 22.8 Å². The number of nitrogens with zero attached hydrogens (tertiary/aromatic N) is 2. The number of rotatable bonds is 9. The first-order valence-electron chi connectivity index (χ1n) is 16.1. The van der Waals surface area contributed by atoms with E-state index in [1.54, 1.807) is 6.07 Å². The van der Waals surface area contributed by atoms with Gasteiger partial charge in [0.2, 0.25) is 5.36 Å². The molecule has 10 heteroatoms. The first kappa shape index (κ1) is 33.2. The van der Waals surface area contributed by atoms with Crippen molar-refractivity contribution in [2.24, 2.45) is 0 Å². The summed E-state index contributed by atoms with van der Waals surface area (Å²) >= 11 is 0. The number of ether oxygens (including phenoxy) is 1. The standard InChI is InChI=1S/C37H42N4O6/c1-40(2)25-14-17-29-32(22-25)47-33-23-26(41(3)4)15-18-30(33)34(29)31-21-24(13-16-28(31)36(43)44)35(42)38-19-10-20-39-37(45)46-27-11-8-6-5-7-9-12-27/h5-6,13-18,21-23,27H,7-12,19-20H2,1-4H3,(H2-,38,39,42,43,44,45)/p+1/b6-5+. The number of anilines is 1. The maximum Gasteiger partial charge on any atom is 0.407 e. The molecule has 3 N–H and O–H groups in total. The van der Waals surface area contributed by atoms with E-state index in [1.807, 2.05) is 74.1 Å². The van der Waals surface area contributed by atoms with Crippen molar-refractivity contribution in [1.29, 1.82) is 0 Å². The quantitative estimate of drug-likeness (QED) is 0.0924. The molecular weight excluding hydrogens is 596 g/mol. The number of benzene rings is 3. The molecule has 1 unspecified atom stereocenters. The zero-order chi connectivity index (χ0) is 33.5. The number of fused-ring (bicyclic) bond motifs is 2. The molecule has 47 heavy (non-hydrogen) atoms. The van der Waals surface area contributed by atoms with Gasteiger partial charge in [-0.25, -0.2) is 14.2 Å². The van der Waals surface area contributed by atoms with Crippen LogP contribution in [0.3, 0.4) is 0 Å². The summed E-state index contributed by atoms with van der Waals surface area (Å²) in [6.07, 6.45) is 8.87. The SMILES string of the molecule is CN(C)c1ccc2c(-c3cc(C(=O)NCCCNC(=O)OC4CC/C=C/CCC4)ccc3C(=O)O)c3ccc(=[N+](C)C)cc-3oc2c1. The lowest BCUT2D eigenvalue weighted by Gasteiger charge is -2.19. The van der Waals surface area contributed by atoms with Crippen LogP contribution in [0.4, 0.5) is 10.5 Å². The minimum atomic E-state index is -1.10. The molecule has 2 aromatic carbocycles. The van der Waals surface area contributed by atoms with Crippen LogP contribution in [0, 0.1) is 0 Å². The number of carbonyl (C=O) groups excluding carboxylic acids is 2. The molecule has 2 aliphatic carbocycles. The summed E-state index contributed by atoms with van der Waals surface area (Å²) in [7, 11) is 7.77. The largest absolute Gasteiger partial charge is 0.478 e. The number of amides is 2. The van der Waals surface area contributed by atoms with E-state index >= 15 is 0 Å². The van der Waals surface area contributed by atoms with Gasteiger partial charge in [-0.2, -0.15) is 0 Å². The van der Waals surface area contributed by atoms with Crippen LogP contribution < -0.4 is 25.5 Å². The fourth-order valence-electron chi connectivity index (χ4n) is 5.81. The zero-order valence-electron chi connectivity index (χ0n) is 27.5. The lowest BCUT2D eigenvalue weighted by Crippen LogP contribution is -2.32. The number of alkyl carbamates (subject to hydrolysis) is 1. The first-order valence-corrected chi connectivity index (χ1v) is 16.1. The molecule has 2 amide bonds. The minimum Gasteiger partial charge on any atom is -0.478 e. The summed E-state index contributed by atoms with van der Waals surface area (Å²) in [6, 6.07) is 16.2. The van der Waals surface area contributed by atoms with Gasteiger partial charge in [0, 0.05) is 67.1 Å². The highest BCUT2D eigenvalue weighted by molar-refractivity contribution is 6.09. The van der Waals surface area contributed by atoms with Crippen LogP contribution in [0.1, 0.15) is 59.2 Å². The average Bonchev–Trinajstić information content (AvgIpc) is 3.03. The van der Waals surface area contributed by atoms with Gasteiger partial charge in [-0.1, -0.05) is 12.2 Å². The highest BCUT2D eigenvalue weighted by Crippen LogP contribution is 2.42. The van der Waals surface area contributed by atoms with Crippen LogP contribution >= 0.6 is 0 Å². The van der Waals surface area contributed by atoms with Crippen molar-refractivity contribution >= 4 is 34.6 Å². The van der Waals surface area contributed by atoms with Crippen molar-refractivity contribution in [3.05, 3.63) is 83.2 Å². The molecule has 0 aromatic heterocycles. The molecule has 0 radical (unpaired) electrons. The number of carboxylic acid groups (broad SMARTS) is 1. The molecular formula is C37H43N4O6+. The Balaban J connectivity index is 1.37. The van der Waals surface area contributed by atoms with E-state index in [0.29, 0.717) is 47.5 Å². The van der Waals surface area contributed by atoms with E-state index in [0.717, 1.165) is 54.1 Å². The number of allylic oxidation sites excluding steroid dienone is 2. The molecule has 1 aliphatic heterocycles. The van der Waals surface area contributed by atoms with Crippen molar-refractivity contribution in [3.63, 3.8) is 0 Å². The number of hydrogen-bond acceptors (Lipinski definition) is 6. The van der Waals surface area contributed by atoms with Gasteiger partial charge in [-0.15, -0.1) is 0 Å². The molecule has 2 aromatic rings. The summed E-state index contributed by atoms with van der Waals surface area (Å²) in [5, 5.41) is 17.6. The zero-order valence-corrected chi connectivity index (χ0v) is 27.5. The van der Waals surface area contributed by atoms with Crippen molar-refractivity contribution in [2.45, 2.75) is 44.6 Å². The Morgan fingerprint density at radius 2 is 1.72 bits per heavy atom. The Kier molecular flexibility index (Phi) is 10.6. The average molecular weight is 640 g/mol. The van der Waals surface area contributed by atoms with Gasteiger partial charge in [0.05, 0.1) is 11.6 Å². The normalized spacial score (nSPS) is 15.4. The number of hydrogen-bond donors (Lipinski definition) is 3. The molecule has 0 spiro atoms. The van der Waals surface area contributed by atoms with Crippen LogP contribution in [-0.4, -0.2) is 70.5 Å². The third-order valence-corrected chi connectivity index (χ3v) is 8.40. The topological polar surface area (TPSA) is 124 Å². The second-order valence-corrected chi connectivity index (χ2v) is 12.2. The number of nitrogens with one attached hydrogen (secondary N) is 2. The Bertz CT molecular complexity index is 1850. The predicted molar refractivity (Wildman–Crippen MR) is 184 cm³/mol. The van der Waals surface area contributed by atoms with Crippen LogP contribution in [0.2, 0.25) is 0 Å². The van der Waals surface area contributed by atoms with E-state index < -0.39 is 12.1 Å². The molecule has 10 nitrogen and oxygen atoms in total. The molecule has 0 bridgehead atoms. The minimum absolute atomic E-state index is 0.0757. The summed E-state index contributed by atoms with van der Waals surface area (Å²) in [4.78, 5) is 40.0. The maximum atomic E-state index is 13.3. The van der Waals surface area contributed by atoms with Crippen molar-refractivity contribution in [1.82, 2.24) is 15.2 Å². The predicted octanol–water partition coefficient (Wildman–Crippen LogP) is 5.74.